The first-order chi connectivity index (χ1) is 12.7. The summed E-state index contributed by atoms with van der Waals surface area (Å²) in [4.78, 5) is 27.1. The average Bonchev–Trinajstić information content (AvgIpc) is 3.35. The van der Waals surface area contributed by atoms with Crippen LogP contribution in [0, 0.1) is 0 Å². The number of benzene rings is 1. The predicted octanol–water partition coefficient (Wildman–Crippen LogP) is 4.32. The van der Waals surface area contributed by atoms with Crippen LogP contribution in [0.3, 0.4) is 0 Å². The van der Waals surface area contributed by atoms with E-state index in [1.54, 1.807) is 5.38 Å². The Hall–Kier alpha value is -1.97. The molecule has 1 aromatic carbocycles. The third kappa shape index (κ3) is 3.89. The number of nitrogens with two attached hydrogens (primary N) is 1. The number of thiazole rings is 2. The number of thioether (sulfide) groups is 1. The van der Waals surface area contributed by atoms with Crippen LogP contribution in [-0.4, -0.2) is 26.9 Å². The third-order valence-corrected chi connectivity index (χ3v) is 6.66. The molecule has 0 spiro atoms. The number of hydrogen-bond donors (Lipinski definition) is 1. The normalized spacial score (nSPS) is 15.6. The zero-order valence-electron chi connectivity index (χ0n) is 13.8. The van der Waals surface area contributed by atoms with E-state index in [1.165, 1.54) is 22.7 Å². The van der Waals surface area contributed by atoms with E-state index >= 15 is 0 Å². The van der Waals surface area contributed by atoms with Gasteiger partial charge >= 0.3 is 0 Å². The molecule has 26 heavy (non-hydrogen) atoms. The van der Waals surface area contributed by atoms with Crippen LogP contribution in [0.2, 0.25) is 0 Å². The molecule has 2 heterocycles. The fourth-order valence-electron chi connectivity index (χ4n) is 2.73. The summed E-state index contributed by atoms with van der Waals surface area (Å²) < 4.78 is 1.72. The number of fused-ring (bicyclic) bond motifs is 1. The Labute approximate surface area is 162 Å². The average molecular weight is 405 g/mol. The lowest BCUT2D eigenvalue weighted by atomic mass is 10.3. The van der Waals surface area contributed by atoms with Crippen molar-refractivity contribution in [2.24, 2.45) is 5.16 Å². The first-order valence-corrected chi connectivity index (χ1v) is 10.7. The maximum Gasteiger partial charge on any atom is 0.250 e. The van der Waals surface area contributed by atoms with Gasteiger partial charge in [0.25, 0.3) is 0 Å². The van der Waals surface area contributed by atoms with Crippen molar-refractivity contribution < 1.29 is 9.63 Å². The molecule has 0 bridgehead atoms. The van der Waals surface area contributed by atoms with E-state index in [-0.39, 0.29) is 16.9 Å². The SMILES string of the molecule is Nc1nc(/C(=N/OC2CCCC2)C(=O)Sc2nc3ccccc3s2)cs1. The molecule has 1 aliphatic carbocycles. The van der Waals surface area contributed by atoms with Gasteiger partial charge in [-0.2, -0.15) is 0 Å². The molecule has 0 atom stereocenters. The van der Waals surface area contributed by atoms with Gasteiger partial charge in [0.2, 0.25) is 5.12 Å². The summed E-state index contributed by atoms with van der Waals surface area (Å²) in [7, 11) is 0. The molecule has 2 N–H and O–H groups in total. The molecule has 0 saturated heterocycles. The largest absolute Gasteiger partial charge is 0.392 e. The number of nitrogen functional groups attached to an aromatic ring is 1. The molecule has 1 fully saturated rings. The Morgan fingerprint density at radius 2 is 2.08 bits per heavy atom. The smallest absolute Gasteiger partial charge is 0.250 e. The number of carbonyl (C=O) groups is 1. The second-order valence-corrected chi connectivity index (χ2v) is 9.00. The minimum atomic E-state index is -0.243. The van der Waals surface area contributed by atoms with Crippen LogP contribution in [0.4, 0.5) is 5.13 Å². The summed E-state index contributed by atoms with van der Waals surface area (Å²) in [5, 5.41) is 6.03. The first kappa shape index (κ1) is 17.4. The fourth-order valence-corrected chi connectivity index (χ4v) is 5.18. The van der Waals surface area contributed by atoms with Crippen molar-refractivity contribution in [1.29, 1.82) is 0 Å². The molecule has 0 radical (unpaired) electrons. The van der Waals surface area contributed by atoms with Gasteiger partial charge < -0.3 is 10.6 Å². The fraction of sp³-hybridized carbons (Fsp3) is 0.294. The van der Waals surface area contributed by atoms with Crippen LogP contribution in [0.25, 0.3) is 10.2 Å². The zero-order valence-corrected chi connectivity index (χ0v) is 16.2. The standard InChI is InChI=1S/C17H16N4O2S3/c18-16-19-12(9-24-16)14(21-23-10-5-1-2-6-10)15(22)26-17-20-11-7-3-4-8-13(11)25-17/h3-4,7-10H,1-2,5-6H2,(H2,18,19)/b21-14-. The topological polar surface area (TPSA) is 90.5 Å². The number of hydrogen-bond acceptors (Lipinski definition) is 9. The Kier molecular flexibility index (Phi) is 5.18. The molecule has 2 aromatic heterocycles. The quantitative estimate of drug-likeness (QED) is 0.387. The molecule has 0 amide bonds. The van der Waals surface area contributed by atoms with Crippen molar-refractivity contribution in [3.63, 3.8) is 0 Å². The van der Waals surface area contributed by atoms with Crippen molar-refractivity contribution in [3.05, 3.63) is 35.3 Å². The van der Waals surface area contributed by atoms with Crippen LogP contribution >= 0.6 is 34.4 Å². The lowest BCUT2D eigenvalue weighted by Crippen LogP contribution is -2.15. The van der Waals surface area contributed by atoms with E-state index in [2.05, 4.69) is 15.1 Å². The Balaban J connectivity index is 1.57. The van der Waals surface area contributed by atoms with Crippen molar-refractivity contribution >= 4 is 60.6 Å². The van der Waals surface area contributed by atoms with Crippen LogP contribution in [0.15, 0.2) is 39.1 Å². The van der Waals surface area contributed by atoms with E-state index in [1.807, 2.05) is 24.3 Å². The molecular weight excluding hydrogens is 388 g/mol. The molecular formula is C17H16N4O2S3. The summed E-state index contributed by atoms with van der Waals surface area (Å²) in [6.07, 6.45) is 4.27. The van der Waals surface area contributed by atoms with Crippen molar-refractivity contribution in [3.8, 4) is 0 Å². The van der Waals surface area contributed by atoms with E-state index in [0.29, 0.717) is 15.2 Å². The van der Waals surface area contributed by atoms with Gasteiger partial charge in [0.1, 0.15) is 11.8 Å². The predicted molar refractivity (Wildman–Crippen MR) is 107 cm³/mol. The zero-order chi connectivity index (χ0) is 17.9. The highest BCUT2D eigenvalue weighted by atomic mass is 32.2. The number of rotatable bonds is 5. The highest BCUT2D eigenvalue weighted by Crippen LogP contribution is 2.31. The van der Waals surface area contributed by atoms with Gasteiger partial charge in [-0.3, -0.25) is 4.79 Å². The van der Waals surface area contributed by atoms with E-state index < -0.39 is 0 Å². The molecule has 134 valence electrons. The molecule has 1 aliphatic rings. The summed E-state index contributed by atoms with van der Waals surface area (Å²) in [5.41, 5.74) is 7.24. The molecule has 6 nitrogen and oxygen atoms in total. The van der Waals surface area contributed by atoms with Gasteiger partial charge in [-0.1, -0.05) is 17.3 Å². The summed E-state index contributed by atoms with van der Waals surface area (Å²) in [6, 6.07) is 7.80. The lowest BCUT2D eigenvalue weighted by molar-refractivity contribution is -0.105. The number of anilines is 1. The van der Waals surface area contributed by atoms with Crippen LogP contribution in [0.5, 0.6) is 0 Å². The Morgan fingerprint density at radius 3 is 2.81 bits per heavy atom. The van der Waals surface area contributed by atoms with Gasteiger partial charge in [0, 0.05) is 5.38 Å². The highest BCUT2D eigenvalue weighted by Gasteiger charge is 2.23. The molecule has 0 aliphatic heterocycles. The van der Waals surface area contributed by atoms with Crippen molar-refractivity contribution in [2.45, 2.75) is 36.1 Å². The first-order valence-electron chi connectivity index (χ1n) is 8.22. The minimum Gasteiger partial charge on any atom is -0.392 e. The Morgan fingerprint density at radius 1 is 1.27 bits per heavy atom. The van der Waals surface area contributed by atoms with E-state index in [0.717, 1.165) is 47.7 Å². The summed E-state index contributed by atoms with van der Waals surface area (Å²) in [6.45, 7) is 0. The lowest BCUT2D eigenvalue weighted by Gasteiger charge is -2.08. The monoisotopic (exact) mass is 404 g/mol. The second kappa shape index (κ2) is 7.73. The van der Waals surface area contributed by atoms with Gasteiger partial charge in [-0.15, -0.1) is 22.7 Å². The van der Waals surface area contributed by atoms with Crippen molar-refractivity contribution in [1.82, 2.24) is 9.97 Å². The number of carbonyl (C=O) groups excluding carboxylic acids is 1. The van der Waals surface area contributed by atoms with Gasteiger partial charge in [-0.05, 0) is 49.6 Å². The summed E-state index contributed by atoms with van der Waals surface area (Å²) in [5.74, 6) is 0. The third-order valence-electron chi connectivity index (χ3n) is 4.01. The molecule has 0 unspecified atom stereocenters. The molecule has 9 heteroatoms. The molecule has 4 rings (SSSR count). The number of nitrogens with zero attached hydrogens (tertiary/aromatic N) is 3. The van der Waals surface area contributed by atoms with Crippen LogP contribution in [0.1, 0.15) is 31.4 Å². The van der Waals surface area contributed by atoms with Crippen LogP contribution in [-0.2, 0) is 9.63 Å². The van der Waals surface area contributed by atoms with Gasteiger partial charge in [-0.25, -0.2) is 9.97 Å². The maximum atomic E-state index is 12.8. The van der Waals surface area contributed by atoms with Crippen LogP contribution < -0.4 is 5.73 Å². The van der Waals surface area contributed by atoms with E-state index in [4.69, 9.17) is 10.6 Å². The second-order valence-electron chi connectivity index (χ2n) is 5.86. The van der Waals surface area contributed by atoms with Crippen molar-refractivity contribution in [2.75, 3.05) is 5.73 Å². The van der Waals surface area contributed by atoms with Gasteiger partial charge in [0.15, 0.2) is 15.2 Å². The van der Waals surface area contributed by atoms with E-state index in [9.17, 15) is 4.79 Å². The highest BCUT2D eigenvalue weighted by molar-refractivity contribution is 8.16. The number of para-hydroxylation sites is 1. The maximum absolute atomic E-state index is 12.8. The number of aromatic nitrogens is 2. The molecule has 1 saturated carbocycles. The Bertz CT molecular complexity index is 927. The molecule has 3 aromatic rings. The minimum absolute atomic E-state index is 0.0706. The number of oxime groups is 1. The summed E-state index contributed by atoms with van der Waals surface area (Å²) >= 11 is 3.80. The van der Waals surface area contributed by atoms with Gasteiger partial charge in [0.05, 0.1) is 10.2 Å².